The van der Waals surface area contributed by atoms with Crippen molar-refractivity contribution in [1.82, 2.24) is 14.5 Å². The van der Waals surface area contributed by atoms with E-state index in [4.69, 9.17) is 4.98 Å². The summed E-state index contributed by atoms with van der Waals surface area (Å²) in [6.45, 7) is 3.09. The van der Waals surface area contributed by atoms with Gasteiger partial charge in [0, 0.05) is 18.5 Å². The predicted molar refractivity (Wildman–Crippen MR) is 79.2 cm³/mol. The molecule has 3 nitrogen and oxygen atoms in total. The topological polar surface area (TPSA) is 30.7 Å². The Kier molecular flexibility index (Phi) is 3.51. The van der Waals surface area contributed by atoms with E-state index in [-0.39, 0.29) is 0 Å². The standard InChI is InChI=1S/C15H15N3S/c1-2-18-14-9-4-3-8-13(14)17-15(18)19-11-12-7-5-6-10-16-12/h3-10H,2,11H2,1H3. The zero-order valence-corrected chi connectivity index (χ0v) is 11.6. The lowest BCUT2D eigenvalue weighted by Gasteiger charge is -2.05. The van der Waals surface area contributed by atoms with Crippen LogP contribution in [-0.4, -0.2) is 14.5 Å². The molecule has 4 heteroatoms. The SMILES string of the molecule is CCn1c(SCc2ccccn2)nc2ccccc21. The van der Waals surface area contributed by atoms with E-state index in [0.717, 1.165) is 28.7 Å². The molecule has 0 aliphatic heterocycles. The number of fused-ring (bicyclic) bond motifs is 1. The normalized spacial score (nSPS) is 11.0. The minimum atomic E-state index is 0.851. The number of hydrogen-bond acceptors (Lipinski definition) is 3. The van der Waals surface area contributed by atoms with Gasteiger partial charge in [-0.2, -0.15) is 0 Å². The first kappa shape index (κ1) is 12.2. The van der Waals surface area contributed by atoms with Crippen molar-refractivity contribution in [3.05, 3.63) is 54.4 Å². The summed E-state index contributed by atoms with van der Waals surface area (Å²) < 4.78 is 2.25. The summed E-state index contributed by atoms with van der Waals surface area (Å²) in [5.74, 6) is 0.851. The number of aromatic nitrogens is 3. The maximum Gasteiger partial charge on any atom is 0.169 e. The number of thioether (sulfide) groups is 1. The third kappa shape index (κ3) is 2.49. The Morgan fingerprint density at radius 2 is 1.95 bits per heavy atom. The fourth-order valence-electron chi connectivity index (χ4n) is 2.09. The van der Waals surface area contributed by atoms with Gasteiger partial charge in [0.15, 0.2) is 5.16 Å². The summed E-state index contributed by atoms with van der Waals surface area (Å²) in [6, 6.07) is 14.3. The highest BCUT2D eigenvalue weighted by molar-refractivity contribution is 7.98. The van der Waals surface area contributed by atoms with Crippen LogP contribution in [0.4, 0.5) is 0 Å². The number of imidazole rings is 1. The van der Waals surface area contributed by atoms with Gasteiger partial charge in [0.25, 0.3) is 0 Å². The zero-order valence-electron chi connectivity index (χ0n) is 10.8. The van der Waals surface area contributed by atoms with E-state index in [0.29, 0.717) is 0 Å². The molecule has 19 heavy (non-hydrogen) atoms. The Morgan fingerprint density at radius 3 is 2.74 bits per heavy atom. The Labute approximate surface area is 116 Å². The fraction of sp³-hybridized carbons (Fsp3) is 0.200. The van der Waals surface area contributed by atoms with Crippen molar-refractivity contribution < 1.29 is 0 Å². The molecule has 0 fully saturated rings. The summed E-state index contributed by atoms with van der Waals surface area (Å²) >= 11 is 1.74. The zero-order chi connectivity index (χ0) is 13.1. The van der Waals surface area contributed by atoms with Gasteiger partial charge in [-0.1, -0.05) is 30.0 Å². The average Bonchev–Trinajstić information content (AvgIpc) is 2.83. The quantitative estimate of drug-likeness (QED) is 0.676. The van der Waals surface area contributed by atoms with Crippen LogP contribution in [0.3, 0.4) is 0 Å². The van der Waals surface area contributed by atoms with E-state index >= 15 is 0 Å². The Bertz CT molecular complexity index is 676. The minimum absolute atomic E-state index is 0.851. The fourth-order valence-corrected chi connectivity index (χ4v) is 3.09. The van der Waals surface area contributed by atoms with Gasteiger partial charge in [0.05, 0.1) is 16.7 Å². The Hall–Kier alpha value is -1.81. The van der Waals surface area contributed by atoms with Crippen LogP contribution < -0.4 is 0 Å². The van der Waals surface area contributed by atoms with E-state index in [1.54, 1.807) is 11.8 Å². The van der Waals surface area contributed by atoms with E-state index in [2.05, 4.69) is 34.7 Å². The molecule has 0 amide bonds. The molecule has 0 spiro atoms. The maximum absolute atomic E-state index is 4.70. The first-order valence-corrected chi connectivity index (χ1v) is 7.35. The molecule has 0 aliphatic carbocycles. The second-order valence-electron chi connectivity index (χ2n) is 4.24. The van der Waals surface area contributed by atoms with E-state index in [1.807, 2.05) is 30.5 Å². The largest absolute Gasteiger partial charge is 0.319 e. The molecular formula is C15H15N3S. The summed E-state index contributed by atoms with van der Waals surface area (Å²) in [6.07, 6.45) is 1.83. The number of pyridine rings is 1. The van der Waals surface area contributed by atoms with Gasteiger partial charge < -0.3 is 4.57 Å². The molecule has 0 aliphatic rings. The van der Waals surface area contributed by atoms with E-state index < -0.39 is 0 Å². The molecule has 0 saturated heterocycles. The van der Waals surface area contributed by atoms with Gasteiger partial charge in [-0.3, -0.25) is 4.98 Å². The highest BCUT2D eigenvalue weighted by Gasteiger charge is 2.09. The van der Waals surface area contributed by atoms with Crippen LogP contribution in [0, 0.1) is 0 Å². The first-order valence-electron chi connectivity index (χ1n) is 6.36. The number of nitrogens with zero attached hydrogens (tertiary/aromatic N) is 3. The van der Waals surface area contributed by atoms with Crippen LogP contribution in [0.2, 0.25) is 0 Å². The Balaban J connectivity index is 1.88. The lowest BCUT2D eigenvalue weighted by atomic mass is 10.3. The maximum atomic E-state index is 4.70. The molecule has 1 aromatic carbocycles. The molecule has 0 bridgehead atoms. The number of para-hydroxylation sites is 2. The predicted octanol–water partition coefficient (Wildman–Crippen LogP) is 3.74. The van der Waals surface area contributed by atoms with Crippen LogP contribution in [0.15, 0.2) is 53.8 Å². The van der Waals surface area contributed by atoms with Crippen molar-refractivity contribution in [2.75, 3.05) is 0 Å². The average molecular weight is 269 g/mol. The van der Waals surface area contributed by atoms with Gasteiger partial charge >= 0.3 is 0 Å². The molecule has 0 saturated carbocycles. The number of rotatable bonds is 4. The van der Waals surface area contributed by atoms with Crippen LogP contribution in [-0.2, 0) is 12.3 Å². The lowest BCUT2D eigenvalue weighted by molar-refractivity contribution is 0.702. The van der Waals surface area contributed by atoms with Crippen LogP contribution in [0.5, 0.6) is 0 Å². The summed E-state index contributed by atoms with van der Waals surface area (Å²) in [5.41, 5.74) is 3.35. The molecule has 0 atom stereocenters. The van der Waals surface area contributed by atoms with Crippen LogP contribution >= 0.6 is 11.8 Å². The van der Waals surface area contributed by atoms with Gasteiger partial charge in [0.1, 0.15) is 0 Å². The number of benzene rings is 1. The van der Waals surface area contributed by atoms with Crippen molar-refractivity contribution in [2.24, 2.45) is 0 Å². The number of hydrogen-bond donors (Lipinski definition) is 0. The van der Waals surface area contributed by atoms with Gasteiger partial charge in [-0.05, 0) is 31.2 Å². The third-order valence-corrected chi connectivity index (χ3v) is 4.02. The molecule has 3 aromatic rings. The molecule has 3 rings (SSSR count). The second-order valence-corrected chi connectivity index (χ2v) is 5.18. The number of aryl methyl sites for hydroxylation is 1. The summed E-state index contributed by atoms with van der Waals surface area (Å²) in [5, 5.41) is 1.06. The van der Waals surface area contributed by atoms with Crippen molar-refractivity contribution in [3.63, 3.8) is 0 Å². The molecule has 2 heterocycles. The van der Waals surface area contributed by atoms with Crippen molar-refractivity contribution in [2.45, 2.75) is 24.4 Å². The van der Waals surface area contributed by atoms with Crippen molar-refractivity contribution >= 4 is 22.8 Å². The first-order chi connectivity index (χ1) is 9.38. The molecule has 0 radical (unpaired) electrons. The molecular weight excluding hydrogens is 254 g/mol. The minimum Gasteiger partial charge on any atom is -0.319 e. The Morgan fingerprint density at radius 1 is 1.11 bits per heavy atom. The van der Waals surface area contributed by atoms with E-state index in [9.17, 15) is 0 Å². The smallest absolute Gasteiger partial charge is 0.169 e. The van der Waals surface area contributed by atoms with Crippen molar-refractivity contribution in [1.29, 1.82) is 0 Å². The second kappa shape index (κ2) is 5.45. The van der Waals surface area contributed by atoms with Gasteiger partial charge in [-0.15, -0.1) is 0 Å². The summed E-state index contributed by atoms with van der Waals surface area (Å²) in [4.78, 5) is 9.04. The van der Waals surface area contributed by atoms with Gasteiger partial charge in [0.2, 0.25) is 0 Å². The molecule has 2 aromatic heterocycles. The molecule has 0 unspecified atom stereocenters. The monoisotopic (exact) mass is 269 g/mol. The van der Waals surface area contributed by atoms with Crippen molar-refractivity contribution in [3.8, 4) is 0 Å². The third-order valence-electron chi connectivity index (χ3n) is 3.01. The summed E-state index contributed by atoms with van der Waals surface area (Å²) in [7, 11) is 0. The molecule has 96 valence electrons. The highest BCUT2D eigenvalue weighted by atomic mass is 32.2. The highest BCUT2D eigenvalue weighted by Crippen LogP contribution is 2.26. The van der Waals surface area contributed by atoms with E-state index in [1.165, 1.54) is 5.52 Å². The van der Waals surface area contributed by atoms with Gasteiger partial charge in [-0.25, -0.2) is 4.98 Å². The van der Waals surface area contributed by atoms with Crippen LogP contribution in [0.1, 0.15) is 12.6 Å². The lowest BCUT2D eigenvalue weighted by Crippen LogP contribution is -1.96. The van der Waals surface area contributed by atoms with Crippen LogP contribution in [0.25, 0.3) is 11.0 Å². The molecule has 0 N–H and O–H groups in total.